The van der Waals surface area contributed by atoms with Gasteiger partial charge in [0.25, 0.3) is 5.91 Å². The van der Waals surface area contributed by atoms with Crippen molar-refractivity contribution in [2.45, 2.75) is 12.6 Å². The summed E-state index contributed by atoms with van der Waals surface area (Å²) in [6.07, 6.45) is -1.57. The van der Waals surface area contributed by atoms with E-state index in [1.165, 1.54) is 11.1 Å². The molecule has 192 valence electrons. The predicted molar refractivity (Wildman–Crippen MR) is 133 cm³/mol. The molecular formula is C25H28F3N5O3. The molecule has 1 atom stereocenters. The van der Waals surface area contributed by atoms with E-state index in [0.717, 1.165) is 29.8 Å². The predicted octanol–water partition coefficient (Wildman–Crippen LogP) is 4.52. The molecule has 2 aromatic carbocycles. The molecule has 0 saturated carbocycles. The Hall–Kier alpha value is -4.15. The summed E-state index contributed by atoms with van der Waals surface area (Å²) < 4.78 is 38.0. The highest BCUT2D eigenvalue weighted by molar-refractivity contribution is 6.06. The van der Waals surface area contributed by atoms with Crippen LogP contribution in [0.25, 0.3) is 6.08 Å². The second kappa shape index (κ2) is 12.0. The highest BCUT2D eigenvalue weighted by Gasteiger charge is 2.30. The Labute approximate surface area is 207 Å². The molecule has 0 aliphatic heterocycles. The second-order valence-electron chi connectivity index (χ2n) is 8.28. The molecule has 36 heavy (non-hydrogen) atoms. The third kappa shape index (κ3) is 7.97. The first kappa shape index (κ1) is 28.1. The van der Waals surface area contributed by atoms with Crippen LogP contribution in [0.2, 0.25) is 0 Å². The number of carbonyl (C=O) groups excluding carboxylic acids is 1. The van der Waals surface area contributed by atoms with Crippen LogP contribution >= 0.6 is 0 Å². The van der Waals surface area contributed by atoms with Crippen LogP contribution in [-0.2, 0) is 11.0 Å². The number of hydrogen-bond donors (Lipinski definition) is 3. The molecule has 0 aliphatic rings. The fourth-order valence-electron chi connectivity index (χ4n) is 3.20. The lowest BCUT2D eigenvalue weighted by molar-refractivity contribution is -0.138. The average molecular weight is 504 g/mol. The Kier molecular flexibility index (Phi) is 9.37. The number of amides is 1. The number of nitrogens with one attached hydrogen (secondary N) is 2. The van der Waals surface area contributed by atoms with Gasteiger partial charge in [-0.3, -0.25) is 15.0 Å². The monoisotopic (exact) mass is 503 g/mol. The highest BCUT2D eigenvalue weighted by Crippen LogP contribution is 2.29. The van der Waals surface area contributed by atoms with Crippen LogP contribution in [0.1, 0.15) is 27.9 Å². The largest absolute Gasteiger partial charge is 0.481 e. The van der Waals surface area contributed by atoms with E-state index in [0.29, 0.717) is 11.5 Å². The molecule has 0 heterocycles. The zero-order valence-electron chi connectivity index (χ0n) is 20.3. The van der Waals surface area contributed by atoms with Gasteiger partial charge in [-0.2, -0.15) is 13.2 Å². The number of carboxylic acid groups (broad SMARTS) is 1. The number of benzene rings is 2. The van der Waals surface area contributed by atoms with E-state index in [1.54, 1.807) is 63.4 Å². The van der Waals surface area contributed by atoms with Crippen molar-refractivity contribution in [3.05, 3.63) is 71.4 Å². The molecule has 1 amide bonds. The first-order chi connectivity index (χ1) is 16.8. The number of rotatable bonds is 8. The van der Waals surface area contributed by atoms with Crippen LogP contribution in [0.15, 0.2) is 59.7 Å². The number of aliphatic imine (C=N–C) groups is 1. The Morgan fingerprint density at radius 3 is 2.08 bits per heavy atom. The third-order valence-electron chi connectivity index (χ3n) is 5.08. The molecule has 0 spiro atoms. The lowest BCUT2D eigenvalue weighted by Crippen LogP contribution is -2.41. The summed E-state index contributed by atoms with van der Waals surface area (Å²) in [7, 11) is 6.77. The Morgan fingerprint density at radius 2 is 1.61 bits per heavy atom. The fourth-order valence-corrected chi connectivity index (χ4v) is 3.20. The molecule has 0 aromatic heterocycles. The van der Waals surface area contributed by atoms with Gasteiger partial charge >= 0.3 is 12.1 Å². The number of alkyl halides is 3. The molecule has 11 heteroatoms. The first-order valence-electron chi connectivity index (χ1n) is 10.8. The lowest BCUT2D eigenvalue weighted by Gasteiger charge is -2.27. The maximum atomic E-state index is 12.7. The quantitative estimate of drug-likeness (QED) is 0.363. The Balaban J connectivity index is 2.13. The van der Waals surface area contributed by atoms with Gasteiger partial charge in [-0.15, -0.1) is 0 Å². The maximum absolute atomic E-state index is 12.7. The van der Waals surface area contributed by atoms with E-state index in [2.05, 4.69) is 10.3 Å². The summed E-state index contributed by atoms with van der Waals surface area (Å²) >= 11 is 0. The molecule has 0 bridgehead atoms. The SMILES string of the molecule is CN(C)C(=N)C(CC(=O)O)C(=N/C=C\c1ccc(NC(=O)c2ccc(C(F)(F)F)cc2)cc1)N(C)C. The van der Waals surface area contributed by atoms with Gasteiger partial charge in [-0.1, -0.05) is 12.1 Å². The number of amidine groups is 2. The van der Waals surface area contributed by atoms with E-state index in [-0.39, 0.29) is 17.8 Å². The van der Waals surface area contributed by atoms with Crippen molar-refractivity contribution < 1.29 is 27.9 Å². The van der Waals surface area contributed by atoms with Crippen molar-refractivity contribution >= 4 is 35.3 Å². The van der Waals surface area contributed by atoms with Crippen molar-refractivity contribution in [2.24, 2.45) is 10.9 Å². The lowest BCUT2D eigenvalue weighted by atomic mass is 10.0. The van der Waals surface area contributed by atoms with Gasteiger partial charge in [0.15, 0.2) is 0 Å². The van der Waals surface area contributed by atoms with Crippen LogP contribution < -0.4 is 5.32 Å². The van der Waals surface area contributed by atoms with E-state index < -0.39 is 29.5 Å². The van der Waals surface area contributed by atoms with Crippen molar-refractivity contribution in [1.29, 1.82) is 5.41 Å². The maximum Gasteiger partial charge on any atom is 0.416 e. The van der Waals surface area contributed by atoms with Crippen molar-refractivity contribution in [1.82, 2.24) is 9.80 Å². The summed E-state index contributed by atoms with van der Waals surface area (Å²) in [6, 6.07) is 10.6. The van der Waals surface area contributed by atoms with Crippen LogP contribution in [0.4, 0.5) is 18.9 Å². The van der Waals surface area contributed by atoms with Gasteiger partial charge in [-0.05, 0) is 48.0 Å². The number of aliphatic carboxylic acids is 1. The molecule has 2 rings (SSSR count). The summed E-state index contributed by atoms with van der Waals surface area (Å²) in [4.78, 5) is 31.2. The molecular weight excluding hydrogens is 475 g/mol. The van der Waals surface area contributed by atoms with Gasteiger partial charge in [0.1, 0.15) is 11.7 Å². The number of hydrogen-bond acceptors (Lipinski definition) is 4. The number of nitrogens with zero attached hydrogens (tertiary/aromatic N) is 3. The second-order valence-corrected chi connectivity index (χ2v) is 8.28. The van der Waals surface area contributed by atoms with Gasteiger partial charge in [-0.25, -0.2) is 4.99 Å². The van der Waals surface area contributed by atoms with E-state index in [1.807, 2.05) is 0 Å². The van der Waals surface area contributed by atoms with Crippen LogP contribution in [0.5, 0.6) is 0 Å². The summed E-state index contributed by atoms with van der Waals surface area (Å²) in [5, 5.41) is 20.1. The molecule has 0 radical (unpaired) electrons. The normalized spacial score (nSPS) is 12.8. The van der Waals surface area contributed by atoms with Crippen LogP contribution in [0, 0.1) is 11.3 Å². The van der Waals surface area contributed by atoms with Gasteiger partial charge in [0, 0.05) is 45.6 Å². The summed E-state index contributed by atoms with van der Waals surface area (Å²) in [5.41, 5.74) is 0.456. The number of anilines is 1. The molecule has 0 fully saturated rings. The molecule has 3 N–H and O–H groups in total. The van der Waals surface area contributed by atoms with Crippen LogP contribution in [0.3, 0.4) is 0 Å². The minimum Gasteiger partial charge on any atom is -0.481 e. The molecule has 1 unspecified atom stereocenters. The van der Waals surface area contributed by atoms with Crippen LogP contribution in [-0.4, -0.2) is 66.6 Å². The van der Waals surface area contributed by atoms with Crippen molar-refractivity contribution in [3.8, 4) is 0 Å². The Morgan fingerprint density at radius 1 is 1.03 bits per heavy atom. The van der Waals surface area contributed by atoms with Gasteiger partial charge < -0.3 is 20.2 Å². The van der Waals surface area contributed by atoms with E-state index in [4.69, 9.17) is 5.41 Å². The van der Waals surface area contributed by atoms with Crippen molar-refractivity contribution in [3.63, 3.8) is 0 Å². The van der Waals surface area contributed by atoms with Crippen molar-refractivity contribution in [2.75, 3.05) is 33.5 Å². The summed E-state index contributed by atoms with van der Waals surface area (Å²) in [6.45, 7) is 0. The smallest absolute Gasteiger partial charge is 0.416 e. The first-order valence-corrected chi connectivity index (χ1v) is 10.8. The molecule has 8 nitrogen and oxygen atoms in total. The minimum atomic E-state index is -4.47. The zero-order chi connectivity index (χ0) is 27.0. The molecule has 2 aromatic rings. The van der Waals surface area contributed by atoms with E-state index in [9.17, 15) is 27.9 Å². The average Bonchev–Trinajstić information content (AvgIpc) is 2.80. The number of carboxylic acids is 1. The summed E-state index contributed by atoms with van der Waals surface area (Å²) in [5.74, 6) is -1.79. The standard InChI is InChI=1S/C25H28F3N5O3/c1-32(2)22(29)20(15-21(34)35)23(33(3)4)30-14-13-16-5-11-19(12-6-16)31-24(36)17-7-9-18(10-8-17)25(26,27)28/h5-14,20,29H,15H2,1-4H3,(H,31,36)(H,34,35)/b14-13-,29-22?,30-23?. The fraction of sp³-hybridized carbons (Fsp3) is 0.280. The molecule has 0 aliphatic carbocycles. The third-order valence-corrected chi connectivity index (χ3v) is 5.08. The molecule has 0 saturated heterocycles. The number of halogens is 3. The van der Waals surface area contributed by atoms with Gasteiger partial charge in [0.2, 0.25) is 0 Å². The highest BCUT2D eigenvalue weighted by atomic mass is 19.4. The topological polar surface area (TPSA) is 109 Å². The zero-order valence-corrected chi connectivity index (χ0v) is 20.3. The number of carbonyl (C=O) groups is 2. The van der Waals surface area contributed by atoms with Gasteiger partial charge in [0.05, 0.1) is 17.9 Å². The Bertz CT molecular complexity index is 1140. The minimum absolute atomic E-state index is 0.0942. The van der Waals surface area contributed by atoms with E-state index >= 15 is 0 Å².